The molecule has 0 saturated heterocycles. The van der Waals surface area contributed by atoms with Crippen LogP contribution in [0, 0.1) is 34.5 Å². The number of aliphatic hydroxyl groups is 3. The van der Waals surface area contributed by atoms with Crippen molar-refractivity contribution in [3.05, 3.63) is 0 Å². The van der Waals surface area contributed by atoms with Gasteiger partial charge in [0.05, 0.1) is 11.7 Å². The van der Waals surface area contributed by atoms with Crippen LogP contribution >= 0.6 is 0 Å². The highest BCUT2D eigenvalue weighted by atomic mass is 16.5. The van der Waals surface area contributed by atoms with E-state index in [0.29, 0.717) is 25.7 Å². The Kier molecular flexibility index (Phi) is 5.23. The van der Waals surface area contributed by atoms with Crippen LogP contribution in [0.15, 0.2) is 0 Å². The van der Waals surface area contributed by atoms with Gasteiger partial charge >= 0.3 is 5.97 Å². The van der Waals surface area contributed by atoms with Gasteiger partial charge in [-0.05, 0) is 55.8 Å². The second kappa shape index (κ2) is 7.09. The molecule has 0 radical (unpaired) electrons. The molecule has 0 heterocycles. The average molecular weight is 437 g/mol. The Balaban J connectivity index is 1.69. The number of ether oxygens (including phenoxy) is 1. The van der Waals surface area contributed by atoms with Gasteiger partial charge in [0.1, 0.15) is 11.4 Å². The maximum absolute atomic E-state index is 13.0. The van der Waals surface area contributed by atoms with E-state index in [0.717, 1.165) is 0 Å². The monoisotopic (exact) mass is 436 g/mol. The zero-order chi connectivity index (χ0) is 23.0. The fraction of sp³-hybridized carbons (Fsp3) is 0.875. The predicted molar refractivity (Wildman–Crippen MR) is 111 cm³/mol. The smallest absolute Gasteiger partial charge is 0.303 e. The van der Waals surface area contributed by atoms with Crippen LogP contribution in [-0.2, 0) is 19.1 Å². The Morgan fingerprint density at radius 1 is 1.16 bits per heavy atom. The first-order valence-corrected chi connectivity index (χ1v) is 11.6. The van der Waals surface area contributed by atoms with Gasteiger partial charge in [-0.1, -0.05) is 20.8 Å². The molecule has 0 amide bonds. The first kappa shape index (κ1) is 22.9. The molecule has 0 aliphatic heterocycles. The van der Waals surface area contributed by atoms with Crippen LogP contribution in [0.3, 0.4) is 0 Å². The summed E-state index contributed by atoms with van der Waals surface area (Å²) in [5.74, 6) is -1.26. The van der Waals surface area contributed by atoms with Crippen LogP contribution in [0.5, 0.6) is 0 Å². The van der Waals surface area contributed by atoms with E-state index >= 15 is 0 Å². The van der Waals surface area contributed by atoms with Crippen LogP contribution in [0.4, 0.5) is 0 Å². The molecule has 174 valence electrons. The number of ketones is 2. The lowest BCUT2D eigenvalue weighted by atomic mass is 9.40. The van der Waals surface area contributed by atoms with Crippen molar-refractivity contribution in [1.82, 2.24) is 0 Å². The van der Waals surface area contributed by atoms with Gasteiger partial charge in [-0.2, -0.15) is 0 Å². The zero-order valence-electron chi connectivity index (χ0n) is 19.0. The molecule has 4 saturated carbocycles. The summed E-state index contributed by atoms with van der Waals surface area (Å²) in [6.45, 7) is 6.65. The number of hydrogen-bond donors (Lipinski definition) is 3. The lowest BCUT2D eigenvalue weighted by Crippen LogP contribution is -2.69. The number of aliphatic hydroxyl groups excluding tert-OH is 1. The molecule has 0 aromatic rings. The van der Waals surface area contributed by atoms with Crippen molar-refractivity contribution in [1.29, 1.82) is 0 Å². The van der Waals surface area contributed by atoms with E-state index in [1.54, 1.807) is 0 Å². The van der Waals surface area contributed by atoms with E-state index in [-0.39, 0.29) is 48.7 Å². The molecule has 0 aromatic heterocycles. The molecule has 0 spiro atoms. The highest BCUT2D eigenvalue weighted by molar-refractivity contribution is 5.91. The normalized spacial score (nSPS) is 51.5. The molecule has 0 unspecified atom stereocenters. The Bertz CT molecular complexity index is 810. The highest BCUT2D eigenvalue weighted by Gasteiger charge is 2.72. The van der Waals surface area contributed by atoms with Crippen molar-refractivity contribution in [2.45, 2.75) is 89.9 Å². The van der Waals surface area contributed by atoms with Gasteiger partial charge in [-0.3, -0.25) is 14.4 Å². The number of rotatable bonds is 3. The minimum Gasteiger partial charge on any atom is -0.458 e. The number of Topliss-reactive ketones (excluding diaryl/α,β-unsaturated/α-hetero) is 2. The van der Waals surface area contributed by atoms with E-state index in [1.165, 1.54) is 6.92 Å². The first-order chi connectivity index (χ1) is 14.3. The second-order valence-corrected chi connectivity index (χ2v) is 11.3. The zero-order valence-corrected chi connectivity index (χ0v) is 19.0. The maximum Gasteiger partial charge on any atom is 0.303 e. The van der Waals surface area contributed by atoms with Crippen LogP contribution in [-0.4, -0.2) is 56.8 Å². The van der Waals surface area contributed by atoms with Gasteiger partial charge in [0.15, 0.2) is 6.61 Å². The van der Waals surface area contributed by atoms with E-state index in [9.17, 15) is 29.7 Å². The molecular formula is C24H36O7. The molecule has 4 aliphatic rings. The maximum atomic E-state index is 13.0. The number of carbonyl (C=O) groups is 3. The van der Waals surface area contributed by atoms with Gasteiger partial charge in [0.2, 0.25) is 5.78 Å². The van der Waals surface area contributed by atoms with Crippen LogP contribution in [0.1, 0.15) is 72.6 Å². The predicted octanol–water partition coefficient (Wildman–Crippen LogP) is 1.79. The van der Waals surface area contributed by atoms with Gasteiger partial charge < -0.3 is 20.1 Å². The quantitative estimate of drug-likeness (QED) is 0.577. The number of esters is 1. The Morgan fingerprint density at radius 3 is 2.48 bits per heavy atom. The third kappa shape index (κ3) is 2.92. The highest BCUT2D eigenvalue weighted by Crippen LogP contribution is 2.69. The van der Waals surface area contributed by atoms with Crippen molar-refractivity contribution in [3.8, 4) is 0 Å². The molecule has 0 bridgehead atoms. The summed E-state index contributed by atoms with van der Waals surface area (Å²) in [4.78, 5) is 36.4. The molecular weight excluding hydrogens is 400 g/mol. The van der Waals surface area contributed by atoms with Crippen molar-refractivity contribution in [3.63, 3.8) is 0 Å². The van der Waals surface area contributed by atoms with Gasteiger partial charge in [0, 0.05) is 30.6 Å². The van der Waals surface area contributed by atoms with E-state index in [4.69, 9.17) is 4.74 Å². The fourth-order valence-electron chi connectivity index (χ4n) is 8.33. The van der Waals surface area contributed by atoms with Crippen LogP contribution < -0.4 is 0 Å². The molecule has 0 aromatic carbocycles. The fourth-order valence-corrected chi connectivity index (χ4v) is 8.33. The topological polar surface area (TPSA) is 121 Å². The molecule has 4 aliphatic carbocycles. The molecule has 4 rings (SSSR count). The summed E-state index contributed by atoms with van der Waals surface area (Å²) < 4.78 is 4.89. The molecule has 7 heteroatoms. The largest absolute Gasteiger partial charge is 0.458 e. The van der Waals surface area contributed by atoms with E-state index in [1.807, 2.05) is 20.8 Å². The summed E-state index contributed by atoms with van der Waals surface area (Å²) in [6.07, 6.45) is 2.11. The summed E-state index contributed by atoms with van der Waals surface area (Å²) in [6, 6.07) is 0. The Labute approximate surface area is 183 Å². The standard InChI is InChI=1S/C24H36O7/c1-13-9-16-17-6-8-23(29,19(28)12-31-14(2)25)22(17,4)11-18(27)20(16)21(3)7-5-15(26)10-24(13,21)30/h13,16-18,20,27,29-30H,5-12H2,1-4H3/t13-,16+,17+,18+,20-,21-,22+,23+,24+/m1/s1. The van der Waals surface area contributed by atoms with Crippen molar-refractivity contribution in [2.75, 3.05) is 6.61 Å². The SMILES string of the molecule is CC(=O)OCC(=O)[C@@]1(O)CC[C@H]2[C@@H]3C[C@@H](C)[C@@]4(O)CC(=O)CC[C@]4(C)[C@H]3[C@@H](O)C[C@@]21C. The van der Waals surface area contributed by atoms with Crippen LogP contribution in [0.25, 0.3) is 0 Å². The lowest BCUT2D eigenvalue weighted by Gasteiger charge is -2.66. The first-order valence-electron chi connectivity index (χ1n) is 11.6. The summed E-state index contributed by atoms with van der Waals surface area (Å²) >= 11 is 0. The van der Waals surface area contributed by atoms with Crippen LogP contribution in [0.2, 0.25) is 0 Å². The number of carbonyl (C=O) groups excluding carboxylic acids is 3. The molecule has 31 heavy (non-hydrogen) atoms. The molecule has 4 fully saturated rings. The van der Waals surface area contributed by atoms with E-state index in [2.05, 4.69) is 0 Å². The average Bonchev–Trinajstić information content (AvgIpc) is 2.94. The molecule has 9 atom stereocenters. The van der Waals surface area contributed by atoms with E-state index < -0.39 is 46.5 Å². The van der Waals surface area contributed by atoms with Crippen molar-refractivity contribution < 1.29 is 34.4 Å². The molecule has 3 N–H and O–H groups in total. The summed E-state index contributed by atoms with van der Waals surface area (Å²) in [5, 5.41) is 34.6. The Hall–Kier alpha value is -1.31. The minimum atomic E-state index is -1.65. The third-order valence-corrected chi connectivity index (χ3v) is 10.0. The van der Waals surface area contributed by atoms with Crippen molar-refractivity contribution in [2.24, 2.45) is 34.5 Å². The lowest BCUT2D eigenvalue weighted by molar-refractivity contribution is -0.257. The van der Waals surface area contributed by atoms with Gasteiger partial charge in [-0.15, -0.1) is 0 Å². The summed E-state index contributed by atoms with van der Waals surface area (Å²) in [7, 11) is 0. The second-order valence-electron chi connectivity index (χ2n) is 11.3. The number of fused-ring (bicyclic) bond motifs is 5. The molecule has 7 nitrogen and oxygen atoms in total. The Morgan fingerprint density at radius 2 is 1.84 bits per heavy atom. The van der Waals surface area contributed by atoms with Gasteiger partial charge in [-0.25, -0.2) is 0 Å². The minimum absolute atomic E-state index is 0.00799. The number of hydrogen-bond acceptors (Lipinski definition) is 7. The third-order valence-electron chi connectivity index (χ3n) is 10.0. The summed E-state index contributed by atoms with van der Waals surface area (Å²) in [5.41, 5.74) is -4.22. The van der Waals surface area contributed by atoms with Crippen molar-refractivity contribution >= 4 is 17.5 Å². The van der Waals surface area contributed by atoms with Gasteiger partial charge in [0.25, 0.3) is 0 Å².